The van der Waals surface area contributed by atoms with Crippen molar-refractivity contribution in [1.29, 1.82) is 0 Å². The van der Waals surface area contributed by atoms with E-state index in [-0.39, 0.29) is 0 Å². The van der Waals surface area contributed by atoms with Gasteiger partial charge in [-0.2, -0.15) is 0 Å². The molecular formula is C12H17N3S. The number of pyridine rings is 1. The number of anilines is 1. The van der Waals surface area contributed by atoms with Crippen molar-refractivity contribution in [2.45, 2.75) is 32.7 Å². The number of nitrogens with two attached hydrogens (primary N) is 1. The minimum Gasteiger partial charge on any atom is -0.389 e. The predicted molar refractivity (Wildman–Crippen MR) is 70.9 cm³/mol. The lowest BCUT2D eigenvalue weighted by Crippen LogP contribution is -2.30. The molecule has 3 nitrogen and oxygen atoms in total. The predicted octanol–water partition coefficient (Wildman–Crippen LogP) is 2.01. The van der Waals surface area contributed by atoms with Crippen LogP contribution in [-0.2, 0) is 0 Å². The first kappa shape index (κ1) is 11.3. The Balaban J connectivity index is 2.47. The van der Waals surface area contributed by atoms with Gasteiger partial charge in [-0.05, 0) is 38.3 Å². The summed E-state index contributed by atoms with van der Waals surface area (Å²) in [6.45, 7) is 5.30. The van der Waals surface area contributed by atoms with Crippen LogP contribution in [0.1, 0.15) is 30.9 Å². The average molecular weight is 235 g/mol. The third-order valence-electron chi connectivity index (χ3n) is 3.21. The molecule has 86 valence electrons. The lowest BCUT2D eigenvalue weighted by atomic mass is 10.1. The molecule has 0 bridgehead atoms. The molecule has 2 heterocycles. The molecular weight excluding hydrogens is 218 g/mol. The molecule has 0 amide bonds. The van der Waals surface area contributed by atoms with E-state index in [1.807, 2.05) is 19.2 Å². The second kappa shape index (κ2) is 4.37. The van der Waals surface area contributed by atoms with E-state index < -0.39 is 0 Å². The Morgan fingerprint density at radius 2 is 2.38 bits per heavy atom. The zero-order chi connectivity index (χ0) is 11.7. The van der Waals surface area contributed by atoms with Gasteiger partial charge >= 0.3 is 0 Å². The fourth-order valence-electron chi connectivity index (χ4n) is 2.31. The van der Waals surface area contributed by atoms with Crippen LogP contribution in [0.25, 0.3) is 0 Å². The van der Waals surface area contributed by atoms with Gasteiger partial charge in [-0.25, -0.2) is 4.98 Å². The van der Waals surface area contributed by atoms with Crippen molar-refractivity contribution in [3.63, 3.8) is 0 Å². The van der Waals surface area contributed by atoms with Crippen molar-refractivity contribution in [2.24, 2.45) is 5.73 Å². The maximum absolute atomic E-state index is 5.79. The molecule has 1 aliphatic heterocycles. The van der Waals surface area contributed by atoms with Gasteiger partial charge in [0.2, 0.25) is 0 Å². The van der Waals surface area contributed by atoms with Crippen LogP contribution in [-0.4, -0.2) is 22.6 Å². The summed E-state index contributed by atoms with van der Waals surface area (Å²) in [5, 5.41) is 0. The molecule has 2 N–H and O–H groups in total. The zero-order valence-corrected chi connectivity index (χ0v) is 10.5. The minimum absolute atomic E-state index is 0.444. The lowest BCUT2D eigenvalue weighted by molar-refractivity contribution is 0.726. The second-order valence-electron chi connectivity index (χ2n) is 4.38. The highest BCUT2D eigenvalue weighted by Gasteiger charge is 2.25. The first-order chi connectivity index (χ1) is 7.61. The van der Waals surface area contributed by atoms with Crippen LogP contribution in [0, 0.1) is 6.92 Å². The summed E-state index contributed by atoms with van der Waals surface area (Å²) in [6, 6.07) is 2.49. The second-order valence-corrected chi connectivity index (χ2v) is 4.82. The average Bonchev–Trinajstić information content (AvgIpc) is 2.63. The summed E-state index contributed by atoms with van der Waals surface area (Å²) in [5.41, 5.74) is 7.84. The summed E-state index contributed by atoms with van der Waals surface area (Å²) in [7, 11) is 0. The van der Waals surface area contributed by atoms with Gasteiger partial charge in [-0.1, -0.05) is 12.2 Å². The van der Waals surface area contributed by atoms with Crippen LogP contribution in [0.5, 0.6) is 0 Å². The Kier molecular flexibility index (Phi) is 3.10. The molecule has 4 heteroatoms. The van der Waals surface area contributed by atoms with Gasteiger partial charge in [0, 0.05) is 18.8 Å². The van der Waals surface area contributed by atoms with E-state index in [9.17, 15) is 0 Å². The third kappa shape index (κ3) is 1.89. The van der Waals surface area contributed by atoms with Crippen LogP contribution in [0.15, 0.2) is 12.3 Å². The van der Waals surface area contributed by atoms with Gasteiger partial charge in [0.15, 0.2) is 0 Å². The van der Waals surface area contributed by atoms with Crippen LogP contribution in [0.3, 0.4) is 0 Å². The fraction of sp³-hybridized carbons (Fsp3) is 0.500. The van der Waals surface area contributed by atoms with E-state index in [2.05, 4.69) is 16.8 Å². The number of aromatic nitrogens is 1. The topological polar surface area (TPSA) is 42.2 Å². The largest absolute Gasteiger partial charge is 0.389 e. The van der Waals surface area contributed by atoms with Crippen LogP contribution < -0.4 is 10.6 Å². The van der Waals surface area contributed by atoms with E-state index in [1.54, 1.807) is 0 Å². The Labute approximate surface area is 102 Å². The number of hydrogen-bond donors (Lipinski definition) is 1. The van der Waals surface area contributed by atoms with Gasteiger partial charge in [0.05, 0.1) is 5.56 Å². The molecule has 1 saturated heterocycles. The highest BCUT2D eigenvalue weighted by Crippen LogP contribution is 2.28. The molecule has 1 aromatic rings. The molecule has 2 rings (SSSR count). The highest BCUT2D eigenvalue weighted by molar-refractivity contribution is 7.80. The van der Waals surface area contributed by atoms with Crippen molar-refractivity contribution >= 4 is 23.0 Å². The third-order valence-corrected chi connectivity index (χ3v) is 3.41. The van der Waals surface area contributed by atoms with Crippen LogP contribution in [0.2, 0.25) is 0 Å². The summed E-state index contributed by atoms with van der Waals surface area (Å²) < 4.78 is 0. The van der Waals surface area contributed by atoms with Gasteiger partial charge in [0.25, 0.3) is 0 Å². The van der Waals surface area contributed by atoms with E-state index in [0.29, 0.717) is 11.0 Å². The molecule has 1 aromatic heterocycles. The van der Waals surface area contributed by atoms with E-state index in [1.165, 1.54) is 12.8 Å². The molecule has 0 spiro atoms. The number of aryl methyl sites for hydroxylation is 1. The van der Waals surface area contributed by atoms with Crippen LogP contribution in [0.4, 0.5) is 5.82 Å². The normalized spacial score (nSPS) is 20.1. The molecule has 1 atom stereocenters. The molecule has 16 heavy (non-hydrogen) atoms. The molecule has 1 fully saturated rings. The first-order valence-corrected chi connectivity index (χ1v) is 6.04. The summed E-state index contributed by atoms with van der Waals surface area (Å²) in [4.78, 5) is 7.20. The zero-order valence-electron chi connectivity index (χ0n) is 9.73. The minimum atomic E-state index is 0.444. The number of nitrogens with zero attached hydrogens (tertiary/aromatic N) is 2. The molecule has 0 aliphatic carbocycles. The maximum atomic E-state index is 5.79. The number of rotatable bonds is 2. The summed E-state index contributed by atoms with van der Waals surface area (Å²) in [6.07, 6.45) is 4.26. The van der Waals surface area contributed by atoms with Crippen molar-refractivity contribution in [3.8, 4) is 0 Å². The summed E-state index contributed by atoms with van der Waals surface area (Å²) in [5.74, 6) is 0.956. The smallest absolute Gasteiger partial charge is 0.139 e. The van der Waals surface area contributed by atoms with Gasteiger partial charge in [-0.15, -0.1) is 0 Å². The monoisotopic (exact) mass is 235 g/mol. The first-order valence-electron chi connectivity index (χ1n) is 5.63. The Bertz CT molecular complexity index is 417. The van der Waals surface area contributed by atoms with Crippen molar-refractivity contribution < 1.29 is 0 Å². The quantitative estimate of drug-likeness (QED) is 0.796. The van der Waals surface area contributed by atoms with E-state index in [0.717, 1.165) is 23.5 Å². The molecule has 0 radical (unpaired) electrons. The lowest BCUT2D eigenvalue weighted by Gasteiger charge is -2.25. The van der Waals surface area contributed by atoms with Gasteiger partial charge in [-0.3, -0.25) is 0 Å². The van der Waals surface area contributed by atoms with Crippen molar-refractivity contribution in [2.75, 3.05) is 11.4 Å². The molecule has 1 unspecified atom stereocenters. The Morgan fingerprint density at radius 1 is 1.62 bits per heavy atom. The maximum Gasteiger partial charge on any atom is 0.139 e. The fourth-order valence-corrected chi connectivity index (χ4v) is 2.57. The Morgan fingerprint density at radius 3 is 2.94 bits per heavy atom. The number of hydrogen-bond acceptors (Lipinski definition) is 3. The molecule has 0 saturated carbocycles. The van der Waals surface area contributed by atoms with Crippen molar-refractivity contribution in [1.82, 2.24) is 4.98 Å². The summed E-state index contributed by atoms with van der Waals surface area (Å²) >= 11 is 5.12. The van der Waals surface area contributed by atoms with Gasteiger partial charge in [0.1, 0.15) is 10.8 Å². The molecule has 1 aliphatic rings. The Hall–Kier alpha value is -1.16. The highest BCUT2D eigenvalue weighted by atomic mass is 32.1. The van der Waals surface area contributed by atoms with Crippen LogP contribution >= 0.6 is 12.2 Å². The molecule has 0 aromatic carbocycles. The van der Waals surface area contributed by atoms with E-state index >= 15 is 0 Å². The van der Waals surface area contributed by atoms with Gasteiger partial charge < -0.3 is 10.6 Å². The van der Waals surface area contributed by atoms with E-state index in [4.69, 9.17) is 18.0 Å². The SMILES string of the molecule is Cc1ccnc(N2CCCC2C)c1C(N)=S. The standard InChI is InChI=1S/C12H17N3S/c1-8-5-6-14-12(10(8)11(13)16)15-7-3-4-9(15)2/h5-6,9H,3-4,7H2,1-2H3,(H2,13,16). The number of thiocarbonyl (C=S) groups is 1. The van der Waals surface area contributed by atoms with Crippen molar-refractivity contribution in [3.05, 3.63) is 23.4 Å².